The summed E-state index contributed by atoms with van der Waals surface area (Å²) in [5.41, 5.74) is 2.36. The van der Waals surface area contributed by atoms with Gasteiger partial charge in [0.25, 0.3) is 0 Å². The van der Waals surface area contributed by atoms with E-state index < -0.39 is 0 Å². The van der Waals surface area contributed by atoms with E-state index in [0.29, 0.717) is 18.4 Å². The number of amides is 1. The molecular weight excluding hydrogens is 427 g/mol. The van der Waals surface area contributed by atoms with Crippen molar-refractivity contribution in [2.45, 2.75) is 46.1 Å². The van der Waals surface area contributed by atoms with Crippen molar-refractivity contribution >= 4 is 41.5 Å². The molecule has 1 amide bonds. The standard InChI is InChI=1S/C19H30N4O.HI/c1-14(2)15(3)22-19(20-4)21-12-7-10-18(24)23-13-11-16-8-5-6-9-17(16)23;/h5-6,8-9,14-15H,7,10-13H2,1-4H3,(H2,20,21,22);1H. The highest BCUT2D eigenvalue weighted by atomic mass is 127. The molecule has 6 heteroatoms. The maximum atomic E-state index is 12.4. The number of nitrogens with one attached hydrogen (secondary N) is 2. The molecule has 1 aromatic carbocycles. The van der Waals surface area contributed by atoms with Gasteiger partial charge in [-0.15, -0.1) is 24.0 Å². The van der Waals surface area contributed by atoms with Gasteiger partial charge in [0.2, 0.25) is 5.91 Å². The van der Waals surface area contributed by atoms with Gasteiger partial charge in [0.1, 0.15) is 0 Å². The molecule has 0 aromatic heterocycles. The highest BCUT2D eigenvalue weighted by molar-refractivity contribution is 14.0. The van der Waals surface area contributed by atoms with E-state index >= 15 is 0 Å². The van der Waals surface area contributed by atoms with Crippen LogP contribution in [0.25, 0.3) is 0 Å². The van der Waals surface area contributed by atoms with E-state index in [4.69, 9.17) is 0 Å². The summed E-state index contributed by atoms with van der Waals surface area (Å²) in [4.78, 5) is 18.6. The predicted octanol–water partition coefficient (Wildman–Crippen LogP) is 3.18. The average Bonchev–Trinajstić information content (AvgIpc) is 3.01. The van der Waals surface area contributed by atoms with Crippen LogP contribution in [0.2, 0.25) is 0 Å². The van der Waals surface area contributed by atoms with Crippen molar-refractivity contribution in [2.24, 2.45) is 10.9 Å². The minimum absolute atomic E-state index is 0. The molecule has 0 fully saturated rings. The number of carbonyl (C=O) groups is 1. The molecule has 0 radical (unpaired) electrons. The molecule has 1 heterocycles. The SMILES string of the molecule is CN=C(NCCCC(=O)N1CCc2ccccc21)NC(C)C(C)C.I. The summed E-state index contributed by atoms with van der Waals surface area (Å²) in [5, 5.41) is 6.65. The van der Waals surface area contributed by atoms with Gasteiger partial charge in [-0.1, -0.05) is 32.0 Å². The number of fused-ring (bicyclic) bond motifs is 1. The summed E-state index contributed by atoms with van der Waals surface area (Å²) in [6, 6.07) is 8.54. The van der Waals surface area contributed by atoms with E-state index in [2.05, 4.69) is 42.5 Å². The molecule has 1 unspecified atom stereocenters. The number of hydrogen-bond donors (Lipinski definition) is 2. The Kier molecular flexibility index (Phi) is 9.24. The maximum Gasteiger partial charge on any atom is 0.227 e. The van der Waals surface area contributed by atoms with Crippen molar-refractivity contribution in [3.05, 3.63) is 29.8 Å². The van der Waals surface area contributed by atoms with Gasteiger partial charge in [0.15, 0.2) is 5.96 Å². The lowest BCUT2D eigenvalue weighted by molar-refractivity contribution is -0.118. The van der Waals surface area contributed by atoms with Crippen LogP contribution >= 0.6 is 24.0 Å². The van der Waals surface area contributed by atoms with E-state index in [1.54, 1.807) is 7.05 Å². The zero-order valence-corrected chi connectivity index (χ0v) is 18.0. The number of guanidine groups is 1. The molecule has 0 saturated carbocycles. The molecule has 2 rings (SSSR count). The third-order valence-corrected chi connectivity index (χ3v) is 4.64. The first-order valence-electron chi connectivity index (χ1n) is 8.88. The molecule has 25 heavy (non-hydrogen) atoms. The number of rotatable bonds is 6. The summed E-state index contributed by atoms with van der Waals surface area (Å²) < 4.78 is 0. The number of para-hydroxylation sites is 1. The zero-order chi connectivity index (χ0) is 17.5. The van der Waals surface area contributed by atoms with Gasteiger partial charge in [-0.05, 0) is 37.3 Å². The van der Waals surface area contributed by atoms with Crippen molar-refractivity contribution in [3.8, 4) is 0 Å². The zero-order valence-electron chi connectivity index (χ0n) is 15.7. The Labute approximate surface area is 168 Å². The largest absolute Gasteiger partial charge is 0.356 e. The summed E-state index contributed by atoms with van der Waals surface area (Å²) in [6.45, 7) is 8.05. The van der Waals surface area contributed by atoms with E-state index in [-0.39, 0.29) is 29.9 Å². The maximum absolute atomic E-state index is 12.4. The fraction of sp³-hybridized carbons (Fsp3) is 0.579. The van der Waals surface area contributed by atoms with Gasteiger partial charge in [-0.25, -0.2) is 0 Å². The minimum Gasteiger partial charge on any atom is -0.356 e. The molecule has 0 aliphatic carbocycles. The number of benzene rings is 1. The van der Waals surface area contributed by atoms with Gasteiger partial charge in [-0.2, -0.15) is 0 Å². The molecule has 1 atom stereocenters. The first-order chi connectivity index (χ1) is 11.5. The predicted molar refractivity (Wildman–Crippen MR) is 116 cm³/mol. The Morgan fingerprint density at radius 1 is 1.28 bits per heavy atom. The number of aliphatic imine (C=N–C) groups is 1. The normalized spacial score (nSPS) is 14.8. The van der Waals surface area contributed by atoms with Gasteiger partial charge >= 0.3 is 0 Å². The molecule has 0 saturated heterocycles. The van der Waals surface area contributed by atoms with Crippen LogP contribution in [-0.2, 0) is 11.2 Å². The van der Waals surface area contributed by atoms with E-state index in [1.165, 1.54) is 5.56 Å². The smallest absolute Gasteiger partial charge is 0.227 e. The Hall–Kier alpha value is -1.31. The Morgan fingerprint density at radius 2 is 2.00 bits per heavy atom. The summed E-state index contributed by atoms with van der Waals surface area (Å²) in [7, 11) is 1.77. The highest BCUT2D eigenvalue weighted by Crippen LogP contribution is 2.27. The third kappa shape index (κ3) is 6.17. The second kappa shape index (κ2) is 10.6. The van der Waals surface area contributed by atoms with Crippen LogP contribution in [0.15, 0.2) is 29.3 Å². The number of carbonyl (C=O) groups excluding carboxylic acids is 1. The molecule has 140 valence electrons. The van der Waals surface area contributed by atoms with Crippen LogP contribution in [0, 0.1) is 5.92 Å². The molecule has 5 nitrogen and oxygen atoms in total. The number of anilines is 1. The van der Waals surface area contributed by atoms with Crippen LogP contribution in [0.5, 0.6) is 0 Å². The van der Waals surface area contributed by atoms with E-state index in [9.17, 15) is 4.79 Å². The first-order valence-corrected chi connectivity index (χ1v) is 8.88. The van der Waals surface area contributed by atoms with Gasteiger partial charge in [-0.3, -0.25) is 9.79 Å². The Balaban J connectivity index is 0.00000312. The molecule has 1 aliphatic rings. The van der Waals surface area contributed by atoms with E-state index in [0.717, 1.165) is 37.6 Å². The fourth-order valence-corrected chi connectivity index (χ4v) is 2.76. The minimum atomic E-state index is 0. The molecule has 1 aromatic rings. The van der Waals surface area contributed by atoms with Crippen molar-refractivity contribution in [1.29, 1.82) is 0 Å². The average molecular weight is 458 g/mol. The lowest BCUT2D eigenvalue weighted by Crippen LogP contribution is -2.44. The van der Waals surface area contributed by atoms with E-state index in [1.807, 2.05) is 23.1 Å². The number of nitrogens with zero attached hydrogens (tertiary/aromatic N) is 2. The monoisotopic (exact) mass is 458 g/mol. The van der Waals surface area contributed by atoms with Crippen LogP contribution in [0.3, 0.4) is 0 Å². The molecule has 1 aliphatic heterocycles. The van der Waals surface area contributed by atoms with Gasteiger partial charge < -0.3 is 15.5 Å². The van der Waals surface area contributed by atoms with Crippen molar-refractivity contribution in [2.75, 3.05) is 25.0 Å². The number of halogens is 1. The molecular formula is C19H31IN4O. The lowest BCUT2D eigenvalue weighted by atomic mass is 10.1. The van der Waals surface area contributed by atoms with Crippen molar-refractivity contribution < 1.29 is 4.79 Å². The molecule has 0 spiro atoms. The highest BCUT2D eigenvalue weighted by Gasteiger charge is 2.23. The fourth-order valence-electron chi connectivity index (χ4n) is 2.76. The quantitative estimate of drug-likeness (QED) is 0.298. The first kappa shape index (κ1) is 21.7. The summed E-state index contributed by atoms with van der Waals surface area (Å²) >= 11 is 0. The van der Waals surface area contributed by atoms with Crippen LogP contribution in [0.1, 0.15) is 39.2 Å². The van der Waals surface area contributed by atoms with Gasteiger partial charge in [0.05, 0.1) is 0 Å². The molecule has 2 N–H and O–H groups in total. The topological polar surface area (TPSA) is 56.7 Å². The lowest BCUT2D eigenvalue weighted by Gasteiger charge is -2.21. The number of hydrogen-bond acceptors (Lipinski definition) is 2. The second-order valence-corrected chi connectivity index (χ2v) is 6.70. The van der Waals surface area contributed by atoms with Crippen LogP contribution in [0.4, 0.5) is 5.69 Å². The van der Waals surface area contributed by atoms with Crippen LogP contribution < -0.4 is 15.5 Å². The summed E-state index contributed by atoms with van der Waals surface area (Å²) in [5.74, 6) is 1.55. The van der Waals surface area contributed by atoms with Gasteiger partial charge in [0, 0.05) is 38.3 Å². The third-order valence-electron chi connectivity index (χ3n) is 4.64. The Morgan fingerprint density at radius 3 is 2.68 bits per heavy atom. The Bertz CT molecular complexity index is 589. The second-order valence-electron chi connectivity index (χ2n) is 6.70. The summed E-state index contributed by atoms with van der Waals surface area (Å²) in [6.07, 6.45) is 2.32. The van der Waals surface area contributed by atoms with Crippen LogP contribution in [-0.4, -0.2) is 38.0 Å². The van der Waals surface area contributed by atoms with Crippen molar-refractivity contribution in [1.82, 2.24) is 10.6 Å². The van der Waals surface area contributed by atoms with Crippen molar-refractivity contribution in [3.63, 3.8) is 0 Å². The molecule has 0 bridgehead atoms.